The summed E-state index contributed by atoms with van der Waals surface area (Å²) >= 11 is 0. The third kappa shape index (κ3) is 6.01. The molecule has 4 aromatic carbocycles. The maximum absolute atomic E-state index is 13.5. The molecule has 268 valence electrons. The lowest BCUT2D eigenvalue weighted by Crippen LogP contribution is -2.42. The quantitative estimate of drug-likeness (QED) is 0.126. The molecule has 2 nitrogen and oxygen atoms in total. The lowest BCUT2D eigenvalue weighted by Gasteiger charge is -2.39. The second-order valence-corrected chi connectivity index (χ2v) is 19.3. The van der Waals surface area contributed by atoms with Crippen LogP contribution in [0.3, 0.4) is 0 Å². The Morgan fingerprint density at radius 2 is 0.868 bits per heavy atom. The summed E-state index contributed by atoms with van der Waals surface area (Å²) in [5, 5.41) is 0. The van der Waals surface area contributed by atoms with E-state index in [-0.39, 0.29) is 11.1 Å². The van der Waals surface area contributed by atoms with Crippen molar-refractivity contribution >= 4 is 31.4 Å². The molecule has 0 radical (unpaired) electrons. The Hall–Kier alpha value is -5.28. The van der Waals surface area contributed by atoms with E-state index in [1.807, 2.05) is 62.4 Å². The number of fused-ring (bicyclic) bond motifs is 2. The molecule has 0 saturated carbocycles. The van der Waals surface area contributed by atoms with Gasteiger partial charge in [-0.15, -0.1) is 0 Å². The van der Waals surface area contributed by atoms with Gasteiger partial charge in [0.2, 0.25) is 0 Å². The third-order valence-electron chi connectivity index (χ3n) is 10.7. The molecule has 0 saturated heterocycles. The highest BCUT2D eigenvalue weighted by Crippen LogP contribution is 2.58. The predicted molar refractivity (Wildman–Crippen MR) is 199 cm³/mol. The van der Waals surface area contributed by atoms with Crippen LogP contribution in [0.5, 0.6) is 0 Å². The molecule has 6 aromatic rings. The molecule has 9 heteroatoms. The molecule has 0 aliphatic heterocycles. The zero-order chi connectivity index (χ0) is 37.4. The number of alkyl halides is 6. The van der Waals surface area contributed by atoms with Crippen LogP contribution in [-0.2, 0) is 12.4 Å². The molecule has 2 heterocycles. The molecule has 0 bridgehead atoms. The number of allylic oxidation sites excluding steroid dienone is 2. The Morgan fingerprint density at radius 1 is 0.491 bits per heavy atom. The van der Waals surface area contributed by atoms with Crippen LogP contribution in [-0.4, -0.2) is 8.07 Å². The summed E-state index contributed by atoms with van der Waals surface area (Å²) in [6.07, 6.45) is -4.61. The molecular formula is C44H34F6O2Si. The summed E-state index contributed by atoms with van der Waals surface area (Å²) in [6, 6.07) is 30.4. The van der Waals surface area contributed by atoms with Crippen molar-refractivity contribution in [3.05, 3.63) is 166 Å². The molecule has 0 amide bonds. The SMILES string of the molecule is Cc1ccc(C2=Cc3c(-c4ccc(C(F)(F)F)cc4)cccc3C2[Si](C)(C)C2C(c3ccc(C)o3)=Cc3c(-c4ccc(C(F)(F)F)cc4)cccc32)o1. The van der Waals surface area contributed by atoms with Crippen LogP contribution in [0.15, 0.2) is 118 Å². The molecular weight excluding hydrogens is 703 g/mol. The Morgan fingerprint density at radius 3 is 1.19 bits per heavy atom. The van der Waals surface area contributed by atoms with E-state index in [2.05, 4.69) is 37.4 Å². The molecule has 0 N–H and O–H groups in total. The summed E-state index contributed by atoms with van der Waals surface area (Å²) in [7, 11) is -2.68. The van der Waals surface area contributed by atoms with E-state index in [0.717, 1.165) is 91.8 Å². The molecule has 0 spiro atoms. The van der Waals surface area contributed by atoms with Gasteiger partial charge in [-0.05, 0) is 119 Å². The highest BCUT2D eigenvalue weighted by molar-refractivity contribution is 6.84. The van der Waals surface area contributed by atoms with E-state index in [4.69, 9.17) is 8.83 Å². The Balaban J connectivity index is 1.30. The molecule has 53 heavy (non-hydrogen) atoms. The van der Waals surface area contributed by atoms with Gasteiger partial charge >= 0.3 is 12.4 Å². The fourth-order valence-electron chi connectivity index (χ4n) is 8.36. The Kier molecular flexibility index (Phi) is 8.14. The summed E-state index contributed by atoms with van der Waals surface area (Å²) in [6.45, 7) is 8.48. The molecule has 2 atom stereocenters. The van der Waals surface area contributed by atoms with Crippen LogP contribution in [0.1, 0.15) is 67.5 Å². The van der Waals surface area contributed by atoms with E-state index < -0.39 is 31.6 Å². The van der Waals surface area contributed by atoms with Crippen molar-refractivity contribution in [1.29, 1.82) is 0 Å². The van der Waals surface area contributed by atoms with Gasteiger partial charge < -0.3 is 8.83 Å². The smallest absolute Gasteiger partial charge is 0.416 e. The molecule has 2 unspecified atom stereocenters. The summed E-state index contributed by atoms with van der Waals surface area (Å²) in [4.78, 5) is 0. The van der Waals surface area contributed by atoms with Gasteiger partial charge in [-0.1, -0.05) is 73.8 Å². The van der Waals surface area contributed by atoms with Gasteiger partial charge in [0, 0.05) is 22.2 Å². The Bertz CT molecular complexity index is 2250. The van der Waals surface area contributed by atoms with Crippen molar-refractivity contribution in [2.75, 3.05) is 0 Å². The van der Waals surface area contributed by atoms with Gasteiger partial charge in [-0.3, -0.25) is 0 Å². The minimum absolute atomic E-state index is 0.109. The van der Waals surface area contributed by atoms with E-state index in [0.29, 0.717) is 11.1 Å². The second-order valence-electron chi connectivity index (χ2n) is 14.5. The van der Waals surface area contributed by atoms with Crippen LogP contribution in [0.4, 0.5) is 26.3 Å². The number of halogens is 6. The average molecular weight is 737 g/mol. The lowest BCUT2D eigenvalue weighted by molar-refractivity contribution is -0.138. The normalized spacial score (nSPS) is 17.1. The van der Waals surface area contributed by atoms with Crippen molar-refractivity contribution < 1.29 is 35.2 Å². The third-order valence-corrected chi connectivity index (χ3v) is 14.9. The van der Waals surface area contributed by atoms with Crippen LogP contribution in [0.25, 0.3) is 45.6 Å². The lowest BCUT2D eigenvalue weighted by atomic mass is 9.96. The van der Waals surface area contributed by atoms with E-state index in [9.17, 15) is 26.3 Å². The van der Waals surface area contributed by atoms with Gasteiger partial charge in [-0.25, -0.2) is 0 Å². The largest absolute Gasteiger partial charge is 0.462 e. The minimum Gasteiger partial charge on any atom is -0.462 e. The number of hydrogen-bond acceptors (Lipinski definition) is 2. The van der Waals surface area contributed by atoms with Gasteiger partial charge in [0.15, 0.2) is 0 Å². The first-order valence-corrected chi connectivity index (χ1v) is 20.4. The first kappa shape index (κ1) is 34.8. The summed E-state index contributed by atoms with van der Waals surface area (Å²) in [5.74, 6) is 2.99. The molecule has 2 aromatic heterocycles. The summed E-state index contributed by atoms with van der Waals surface area (Å²) < 4.78 is 93.5. The van der Waals surface area contributed by atoms with E-state index in [1.54, 1.807) is 0 Å². The topological polar surface area (TPSA) is 26.3 Å². The first-order valence-electron chi connectivity index (χ1n) is 17.3. The fourth-order valence-corrected chi connectivity index (χ4v) is 12.9. The standard InChI is InChI=1S/C44H34F6O2Si/c1-25-11-21-39(51-25)37-23-35-31(27-13-17-29(18-14-27)43(45,46)47)7-5-9-33(35)41(37)53(3,4)42-34-10-6-8-32(28-15-19-30(20-16-28)44(48,49)50)36(34)24-38(42)40-22-12-26(2)52-40/h5-24,41-42H,1-4H3. The van der Waals surface area contributed by atoms with Crippen LogP contribution < -0.4 is 0 Å². The van der Waals surface area contributed by atoms with Gasteiger partial charge in [0.05, 0.1) is 19.2 Å². The van der Waals surface area contributed by atoms with E-state index >= 15 is 0 Å². The summed E-state index contributed by atoms with van der Waals surface area (Å²) in [5.41, 5.74) is 7.45. The number of hydrogen-bond donors (Lipinski definition) is 0. The zero-order valence-corrected chi connectivity index (χ0v) is 30.3. The minimum atomic E-state index is -4.44. The van der Waals surface area contributed by atoms with Gasteiger partial charge in [0.25, 0.3) is 0 Å². The van der Waals surface area contributed by atoms with Crippen LogP contribution >= 0.6 is 0 Å². The van der Waals surface area contributed by atoms with Crippen LogP contribution in [0, 0.1) is 13.8 Å². The monoisotopic (exact) mass is 736 g/mol. The van der Waals surface area contributed by atoms with Crippen molar-refractivity contribution in [3.8, 4) is 22.3 Å². The van der Waals surface area contributed by atoms with Crippen LogP contribution in [0.2, 0.25) is 13.1 Å². The van der Waals surface area contributed by atoms with E-state index in [1.165, 1.54) is 24.3 Å². The number of aryl methyl sites for hydroxylation is 2. The first-order chi connectivity index (χ1) is 25.1. The molecule has 8 rings (SSSR count). The average Bonchev–Trinajstić information content (AvgIpc) is 3.91. The number of furan rings is 2. The number of benzene rings is 4. The fraction of sp³-hybridized carbons (Fsp3) is 0.182. The van der Waals surface area contributed by atoms with Crippen molar-refractivity contribution in [2.24, 2.45) is 0 Å². The highest BCUT2D eigenvalue weighted by Gasteiger charge is 2.50. The molecule has 2 aliphatic carbocycles. The predicted octanol–water partition coefficient (Wildman–Crippen LogP) is 13.6. The maximum atomic E-state index is 13.5. The van der Waals surface area contributed by atoms with Crippen molar-refractivity contribution in [2.45, 2.75) is 50.4 Å². The second kappa shape index (κ2) is 12.4. The Labute approximate surface area is 304 Å². The van der Waals surface area contributed by atoms with Crippen molar-refractivity contribution in [3.63, 3.8) is 0 Å². The highest BCUT2D eigenvalue weighted by atomic mass is 28.3. The molecule has 2 aliphatic rings. The van der Waals surface area contributed by atoms with Crippen molar-refractivity contribution in [1.82, 2.24) is 0 Å². The zero-order valence-electron chi connectivity index (χ0n) is 29.3. The number of rotatable bonds is 6. The van der Waals surface area contributed by atoms with Gasteiger partial charge in [-0.2, -0.15) is 26.3 Å². The molecule has 0 fully saturated rings. The van der Waals surface area contributed by atoms with Gasteiger partial charge in [0.1, 0.15) is 23.0 Å². The maximum Gasteiger partial charge on any atom is 0.416 e.